The lowest BCUT2D eigenvalue weighted by molar-refractivity contribution is -0.116. The zero-order valence-electron chi connectivity index (χ0n) is 15.0. The Morgan fingerprint density at radius 2 is 1.89 bits per heavy atom. The summed E-state index contributed by atoms with van der Waals surface area (Å²) in [6, 6.07) is 12.0. The molecule has 2 aromatic carbocycles. The van der Waals surface area contributed by atoms with Gasteiger partial charge in [0.15, 0.2) is 11.7 Å². The molecule has 0 saturated heterocycles. The highest BCUT2D eigenvalue weighted by Crippen LogP contribution is 2.28. The first-order chi connectivity index (χ1) is 13.5. The molecule has 1 aromatic heterocycles. The Kier molecular flexibility index (Phi) is 6.34. The van der Waals surface area contributed by atoms with Crippen LogP contribution in [-0.4, -0.2) is 23.8 Å². The zero-order chi connectivity index (χ0) is 20.1. The predicted molar refractivity (Wildman–Crippen MR) is 109 cm³/mol. The highest BCUT2D eigenvalue weighted by atomic mass is 35.5. The average molecular weight is 418 g/mol. The Labute approximate surface area is 171 Å². The fourth-order valence-corrected chi connectivity index (χ4v) is 3.00. The number of carbonyl (C=O) groups excluding carboxylic acids is 2. The maximum atomic E-state index is 12.2. The van der Waals surface area contributed by atoms with Gasteiger partial charge in [-0.05, 0) is 30.3 Å². The molecule has 0 bridgehead atoms. The van der Waals surface area contributed by atoms with E-state index in [9.17, 15) is 9.59 Å². The maximum Gasteiger partial charge on any atom is 0.252 e. The summed E-state index contributed by atoms with van der Waals surface area (Å²) in [5.41, 5.74) is 1.52. The number of oxazole rings is 1. The number of aromatic nitrogens is 1. The standard InChI is InChI=1S/C20H17Cl2N3O3/c1-23-20(27)14-10-12(6-7-16(14)22)25-18(26)8-9-19-24-11-17(28-19)13-4-2-3-5-15(13)21/h2-7,10-11H,8-9H2,1H3,(H,23,27)(H,25,26). The summed E-state index contributed by atoms with van der Waals surface area (Å²) >= 11 is 12.2. The van der Waals surface area contributed by atoms with Gasteiger partial charge in [0.25, 0.3) is 5.91 Å². The van der Waals surface area contributed by atoms with Crippen LogP contribution in [0.1, 0.15) is 22.7 Å². The lowest BCUT2D eigenvalue weighted by atomic mass is 10.2. The van der Waals surface area contributed by atoms with Crippen molar-refractivity contribution >= 4 is 40.7 Å². The second kappa shape index (κ2) is 8.91. The SMILES string of the molecule is CNC(=O)c1cc(NC(=O)CCc2ncc(-c3ccccc3Cl)o2)ccc1Cl. The molecule has 8 heteroatoms. The summed E-state index contributed by atoms with van der Waals surface area (Å²) in [6.45, 7) is 0. The molecule has 2 N–H and O–H groups in total. The van der Waals surface area contributed by atoms with Crippen LogP contribution in [0.5, 0.6) is 0 Å². The molecule has 28 heavy (non-hydrogen) atoms. The molecule has 0 atom stereocenters. The maximum absolute atomic E-state index is 12.2. The zero-order valence-corrected chi connectivity index (χ0v) is 16.5. The van der Waals surface area contributed by atoms with Crippen LogP contribution in [0.4, 0.5) is 5.69 Å². The van der Waals surface area contributed by atoms with Gasteiger partial charge in [-0.2, -0.15) is 0 Å². The summed E-state index contributed by atoms with van der Waals surface area (Å²) in [5.74, 6) is 0.428. The van der Waals surface area contributed by atoms with Gasteiger partial charge < -0.3 is 15.1 Å². The molecule has 144 valence electrons. The largest absolute Gasteiger partial charge is 0.441 e. The lowest BCUT2D eigenvalue weighted by Gasteiger charge is -2.08. The van der Waals surface area contributed by atoms with Crippen LogP contribution >= 0.6 is 23.2 Å². The van der Waals surface area contributed by atoms with Crippen molar-refractivity contribution in [2.45, 2.75) is 12.8 Å². The molecule has 2 amide bonds. The third-order valence-corrected chi connectivity index (χ3v) is 4.64. The average Bonchev–Trinajstić information content (AvgIpc) is 3.16. The molecule has 0 spiro atoms. The molecule has 0 saturated carbocycles. The van der Waals surface area contributed by atoms with Gasteiger partial charge in [0.2, 0.25) is 5.91 Å². The summed E-state index contributed by atoms with van der Waals surface area (Å²) < 4.78 is 5.69. The molecule has 0 unspecified atom stereocenters. The summed E-state index contributed by atoms with van der Waals surface area (Å²) in [6.07, 6.45) is 2.08. The molecule has 0 aliphatic heterocycles. The van der Waals surface area contributed by atoms with Gasteiger partial charge in [-0.3, -0.25) is 9.59 Å². The van der Waals surface area contributed by atoms with Crippen molar-refractivity contribution < 1.29 is 14.0 Å². The van der Waals surface area contributed by atoms with Gasteiger partial charge in [0.05, 0.1) is 21.8 Å². The van der Waals surface area contributed by atoms with E-state index in [-0.39, 0.29) is 18.2 Å². The van der Waals surface area contributed by atoms with Gasteiger partial charge in [-0.1, -0.05) is 35.3 Å². The molecular weight excluding hydrogens is 401 g/mol. The third-order valence-electron chi connectivity index (χ3n) is 3.98. The van der Waals surface area contributed by atoms with Crippen LogP contribution in [0.15, 0.2) is 53.1 Å². The summed E-state index contributed by atoms with van der Waals surface area (Å²) in [7, 11) is 1.51. The van der Waals surface area contributed by atoms with Crippen molar-refractivity contribution in [3.8, 4) is 11.3 Å². The van der Waals surface area contributed by atoms with Crippen LogP contribution in [0.25, 0.3) is 11.3 Å². The smallest absolute Gasteiger partial charge is 0.252 e. The molecular formula is C20H17Cl2N3O3. The fourth-order valence-electron chi connectivity index (χ4n) is 2.57. The number of halogens is 2. The number of aryl methyl sites for hydroxylation is 1. The Morgan fingerprint density at radius 1 is 1.11 bits per heavy atom. The number of amides is 2. The Hall–Kier alpha value is -2.83. The molecule has 0 fully saturated rings. The molecule has 3 rings (SSSR count). The van der Waals surface area contributed by atoms with Crippen LogP contribution in [0, 0.1) is 0 Å². The van der Waals surface area contributed by atoms with E-state index in [1.54, 1.807) is 24.4 Å². The molecule has 6 nitrogen and oxygen atoms in total. The minimum absolute atomic E-state index is 0.167. The number of carbonyl (C=O) groups is 2. The van der Waals surface area contributed by atoms with Gasteiger partial charge in [0, 0.05) is 31.1 Å². The Bertz CT molecular complexity index is 1020. The first-order valence-electron chi connectivity index (χ1n) is 8.49. The van der Waals surface area contributed by atoms with Crippen LogP contribution in [-0.2, 0) is 11.2 Å². The normalized spacial score (nSPS) is 10.5. The van der Waals surface area contributed by atoms with Crippen molar-refractivity contribution in [3.63, 3.8) is 0 Å². The third kappa shape index (κ3) is 4.71. The van der Waals surface area contributed by atoms with Crippen LogP contribution in [0.2, 0.25) is 10.0 Å². The van der Waals surface area contributed by atoms with Crippen molar-refractivity contribution in [2.75, 3.05) is 12.4 Å². The topological polar surface area (TPSA) is 84.2 Å². The van der Waals surface area contributed by atoms with E-state index >= 15 is 0 Å². The van der Waals surface area contributed by atoms with Gasteiger partial charge >= 0.3 is 0 Å². The van der Waals surface area contributed by atoms with Crippen molar-refractivity contribution in [2.24, 2.45) is 0 Å². The monoisotopic (exact) mass is 417 g/mol. The quantitative estimate of drug-likeness (QED) is 0.614. The number of nitrogens with one attached hydrogen (secondary N) is 2. The van der Waals surface area contributed by atoms with Gasteiger partial charge in [-0.15, -0.1) is 0 Å². The number of hydrogen-bond acceptors (Lipinski definition) is 4. The van der Waals surface area contributed by atoms with Crippen molar-refractivity contribution in [1.29, 1.82) is 0 Å². The molecule has 0 aliphatic rings. The minimum atomic E-state index is -0.326. The predicted octanol–water partition coefficient (Wildman–Crippen LogP) is 4.58. The molecule has 3 aromatic rings. The summed E-state index contributed by atoms with van der Waals surface area (Å²) in [5, 5.41) is 6.12. The van der Waals surface area contributed by atoms with E-state index in [0.717, 1.165) is 5.56 Å². The molecule has 0 aliphatic carbocycles. The van der Waals surface area contributed by atoms with Gasteiger partial charge in [-0.25, -0.2) is 4.98 Å². The lowest BCUT2D eigenvalue weighted by Crippen LogP contribution is -2.19. The highest BCUT2D eigenvalue weighted by molar-refractivity contribution is 6.34. The first kappa shape index (κ1) is 19.9. The van der Waals surface area contributed by atoms with E-state index < -0.39 is 0 Å². The fraction of sp³-hybridized carbons (Fsp3) is 0.150. The van der Waals surface area contributed by atoms with Gasteiger partial charge in [0.1, 0.15) is 0 Å². The number of hydrogen-bond donors (Lipinski definition) is 2. The van der Waals surface area contributed by atoms with Crippen LogP contribution in [0.3, 0.4) is 0 Å². The first-order valence-corrected chi connectivity index (χ1v) is 9.24. The van der Waals surface area contributed by atoms with Crippen LogP contribution < -0.4 is 10.6 Å². The van der Waals surface area contributed by atoms with E-state index in [4.69, 9.17) is 27.6 Å². The Morgan fingerprint density at radius 3 is 2.64 bits per heavy atom. The highest BCUT2D eigenvalue weighted by Gasteiger charge is 2.13. The number of anilines is 1. The summed E-state index contributed by atoms with van der Waals surface area (Å²) in [4.78, 5) is 28.2. The van der Waals surface area contributed by atoms with Crippen molar-refractivity contribution in [3.05, 3.63) is 70.2 Å². The van der Waals surface area contributed by atoms with E-state index in [1.165, 1.54) is 13.1 Å². The second-order valence-electron chi connectivity index (χ2n) is 5.92. The Balaban J connectivity index is 1.61. The van der Waals surface area contributed by atoms with E-state index in [2.05, 4.69) is 15.6 Å². The van der Waals surface area contributed by atoms with Crippen molar-refractivity contribution in [1.82, 2.24) is 10.3 Å². The minimum Gasteiger partial charge on any atom is -0.441 e. The molecule has 1 heterocycles. The number of benzene rings is 2. The number of nitrogens with zero attached hydrogens (tertiary/aromatic N) is 1. The second-order valence-corrected chi connectivity index (χ2v) is 6.73. The molecule has 0 radical (unpaired) electrons. The van der Waals surface area contributed by atoms with E-state index in [1.807, 2.05) is 18.2 Å². The number of rotatable bonds is 6. The van der Waals surface area contributed by atoms with E-state index in [0.29, 0.717) is 39.4 Å².